The zero-order valence-electron chi connectivity index (χ0n) is 18.7. The molecule has 6 nitrogen and oxygen atoms in total. The summed E-state index contributed by atoms with van der Waals surface area (Å²) in [4.78, 5) is 27.9. The zero-order valence-corrected chi connectivity index (χ0v) is 18.7. The number of benzene rings is 3. The Hall–Kier alpha value is -3.59. The number of hydrogen-bond donors (Lipinski definition) is 1. The van der Waals surface area contributed by atoms with Crippen molar-refractivity contribution in [1.29, 1.82) is 0 Å². The van der Waals surface area contributed by atoms with Gasteiger partial charge in [-0.15, -0.1) is 0 Å². The van der Waals surface area contributed by atoms with Crippen LogP contribution in [0.2, 0.25) is 0 Å². The smallest absolute Gasteiger partial charge is 0.401 e. The van der Waals surface area contributed by atoms with Gasteiger partial charge in [0, 0.05) is 6.54 Å². The van der Waals surface area contributed by atoms with Gasteiger partial charge in [0.15, 0.2) is 0 Å². The second-order valence-corrected chi connectivity index (χ2v) is 8.44. The molecule has 1 aliphatic heterocycles. The summed E-state index contributed by atoms with van der Waals surface area (Å²) in [7, 11) is 1.50. The van der Waals surface area contributed by atoms with Crippen LogP contribution in [0.5, 0.6) is 5.75 Å². The predicted molar refractivity (Wildman–Crippen MR) is 121 cm³/mol. The van der Waals surface area contributed by atoms with Crippen LogP contribution in [-0.2, 0) is 16.9 Å². The zero-order chi connectivity index (χ0) is 24.5. The molecule has 1 aliphatic rings. The lowest BCUT2D eigenvalue weighted by atomic mass is 9.90. The monoisotopic (exact) mass is 471 g/mol. The molecule has 1 atom stereocenters. The van der Waals surface area contributed by atoms with E-state index in [1.807, 2.05) is 36.4 Å². The van der Waals surface area contributed by atoms with Gasteiger partial charge in [0.2, 0.25) is 0 Å². The summed E-state index contributed by atoms with van der Waals surface area (Å²) in [5, 5.41) is 4.53. The lowest BCUT2D eigenvalue weighted by Crippen LogP contribution is -2.46. The van der Waals surface area contributed by atoms with Crippen LogP contribution < -0.4 is 10.1 Å². The van der Waals surface area contributed by atoms with E-state index in [-0.39, 0.29) is 6.54 Å². The predicted octanol–water partition coefficient (Wildman–Crippen LogP) is 4.64. The maximum absolute atomic E-state index is 13.3. The van der Waals surface area contributed by atoms with Crippen molar-refractivity contribution in [2.75, 3.05) is 20.3 Å². The summed E-state index contributed by atoms with van der Waals surface area (Å²) in [5.41, 5.74) is -0.232. The molecule has 1 heterocycles. The van der Waals surface area contributed by atoms with Crippen molar-refractivity contribution >= 4 is 22.7 Å². The Morgan fingerprint density at radius 1 is 1.00 bits per heavy atom. The highest BCUT2D eigenvalue weighted by atomic mass is 19.4. The number of fused-ring (bicyclic) bond motifs is 1. The fourth-order valence-electron chi connectivity index (χ4n) is 4.12. The normalized spacial score (nSPS) is 18.6. The number of hydrogen-bond acceptors (Lipinski definition) is 4. The molecule has 0 saturated carbocycles. The molecule has 0 aliphatic carbocycles. The summed E-state index contributed by atoms with van der Waals surface area (Å²) >= 11 is 0. The highest BCUT2D eigenvalue weighted by Crippen LogP contribution is 2.31. The first-order valence-corrected chi connectivity index (χ1v) is 10.6. The van der Waals surface area contributed by atoms with E-state index in [0.29, 0.717) is 16.9 Å². The van der Waals surface area contributed by atoms with E-state index in [1.165, 1.54) is 7.11 Å². The number of halogens is 3. The number of carbonyl (C=O) groups is 2. The van der Waals surface area contributed by atoms with Crippen molar-refractivity contribution in [2.24, 2.45) is 0 Å². The Bertz CT molecular complexity index is 1210. The topological polar surface area (TPSA) is 61.9 Å². The number of carbonyl (C=O) groups excluding carboxylic acids is 2. The molecule has 1 fully saturated rings. The van der Waals surface area contributed by atoms with Gasteiger partial charge in [0.05, 0.1) is 20.3 Å². The molecule has 0 unspecified atom stereocenters. The maximum atomic E-state index is 13.3. The highest BCUT2D eigenvalue weighted by Gasteiger charge is 2.49. The first-order chi connectivity index (χ1) is 16.1. The molecule has 9 heteroatoms. The Balaban J connectivity index is 1.58. The van der Waals surface area contributed by atoms with Gasteiger partial charge in [-0.05, 0) is 47.0 Å². The Morgan fingerprint density at radius 2 is 1.68 bits per heavy atom. The van der Waals surface area contributed by atoms with Crippen LogP contribution in [0.4, 0.5) is 18.0 Å². The van der Waals surface area contributed by atoms with Gasteiger partial charge >= 0.3 is 12.2 Å². The van der Waals surface area contributed by atoms with Gasteiger partial charge in [0.25, 0.3) is 5.91 Å². The molecular weight excluding hydrogens is 447 g/mol. The second kappa shape index (κ2) is 8.98. The quantitative estimate of drug-likeness (QED) is 0.510. The first-order valence-electron chi connectivity index (χ1n) is 10.6. The van der Waals surface area contributed by atoms with Crippen LogP contribution in [0.15, 0.2) is 66.7 Å². The van der Waals surface area contributed by atoms with Crippen molar-refractivity contribution in [3.05, 3.63) is 77.9 Å². The third kappa shape index (κ3) is 4.84. The van der Waals surface area contributed by atoms with E-state index in [1.54, 1.807) is 37.3 Å². The van der Waals surface area contributed by atoms with Crippen LogP contribution >= 0.6 is 0 Å². The van der Waals surface area contributed by atoms with Gasteiger partial charge in [-0.3, -0.25) is 9.69 Å². The summed E-state index contributed by atoms with van der Waals surface area (Å²) in [6.07, 6.45) is -4.51. The fourth-order valence-corrected chi connectivity index (χ4v) is 4.12. The molecule has 0 aromatic heterocycles. The van der Waals surface area contributed by atoms with Crippen molar-refractivity contribution in [3.63, 3.8) is 0 Å². The number of urea groups is 1. The van der Waals surface area contributed by atoms with E-state index in [0.717, 1.165) is 20.6 Å². The Labute approximate surface area is 194 Å². The van der Waals surface area contributed by atoms with Crippen molar-refractivity contribution in [1.82, 2.24) is 15.1 Å². The molecule has 1 N–H and O–H groups in total. The fraction of sp³-hybridized carbons (Fsp3) is 0.280. The third-order valence-electron chi connectivity index (χ3n) is 5.91. The van der Waals surface area contributed by atoms with Crippen molar-refractivity contribution in [3.8, 4) is 5.75 Å². The molecule has 3 aromatic rings. The van der Waals surface area contributed by atoms with Gasteiger partial charge in [-0.2, -0.15) is 13.2 Å². The van der Waals surface area contributed by atoms with Crippen LogP contribution in [0, 0.1) is 0 Å². The molecule has 0 spiro atoms. The minimum Gasteiger partial charge on any atom is -0.497 e. The number of rotatable bonds is 7. The average Bonchev–Trinajstić information content (AvgIpc) is 3.02. The van der Waals surface area contributed by atoms with E-state index >= 15 is 0 Å². The SMILES string of the molecule is COc1ccc(CN(CN2C(=O)N[C@](C)(c3ccc4ccccc4c3)C2=O)CC(F)(F)F)cc1. The number of amides is 3. The number of methoxy groups -OCH3 is 1. The van der Waals surface area contributed by atoms with Crippen LogP contribution in [0.1, 0.15) is 18.1 Å². The molecule has 3 amide bonds. The van der Waals surface area contributed by atoms with Gasteiger partial charge in [-0.25, -0.2) is 9.69 Å². The number of nitrogens with zero attached hydrogens (tertiary/aromatic N) is 2. The number of alkyl halides is 3. The first kappa shape index (κ1) is 23.6. The summed E-state index contributed by atoms with van der Waals surface area (Å²) < 4.78 is 45.0. The largest absolute Gasteiger partial charge is 0.497 e. The lowest BCUT2D eigenvalue weighted by Gasteiger charge is -2.28. The van der Waals surface area contributed by atoms with Gasteiger partial charge in [0.1, 0.15) is 11.3 Å². The molecule has 34 heavy (non-hydrogen) atoms. The molecule has 178 valence electrons. The molecular formula is C25H24F3N3O3. The van der Waals surface area contributed by atoms with Crippen LogP contribution in [0.25, 0.3) is 10.8 Å². The Kier molecular flexibility index (Phi) is 6.22. The van der Waals surface area contributed by atoms with E-state index in [2.05, 4.69) is 5.32 Å². The van der Waals surface area contributed by atoms with Gasteiger partial charge < -0.3 is 10.1 Å². The molecule has 0 radical (unpaired) electrons. The van der Waals surface area contributed by atoms with E-state index in [9.17, 15) is 22.8 Å². The molecule has 3 aromatic carbocycles. The number of nitrogens with one attached hydrogen (secondary N) is 1. The Morgan fingerprint density at radius 3 is 2.32 bits per heavy atom. The summed E-state index contributed by atoms with van der Waals surface area (Å²) in [6, 6.07) is 18.8. The van der Waals surface area contributed by atoms with Gasteiger partial charge in [-0.1, -0.05) is 48.5 Å². The maximum Gasteiger partial charge on any atom is 0.401 e. The second-order valence-electron chi connectivity index (χ2n) is 8.44. The van der Waals surface area contributed by atoms with Crippen molar-refractivity contribution < 1.29 is 27.5 Å². The molecule has 1 saturated heterocycles. The molecule has 0 bridgehead atoms. The number of imide groups is 1. The van der Waals surface area contributed by atoms with E-state index in [4.69, 9.17) is 4.74 Å². The highest BCUT2D eigenvalue weighted by molar-refractivity contribution is 6.07. The standard InChI is InChI=1S/C25H24F3N3O3/c1-24(20-10-9-18-5-3-4-6-19(18)13-20)22(32)31(23(33)29-24)16-30(15-25(26,27)28)14-17-7-11-21(34-2)12-8-17/h3-13H,14-16H2,1-2H3,(H,29,33)/t24-/m1/s1. The summed E-state index contributed by atoms with van der Waals surface area (Å²) in [6.45, 7) is -0.315. The molecule has 4 rings (SSSR count). The van der Waals surface area contributed by atoms with E-state index < -0.39 is 36.9 Å². The van der Waals surface area contributed by atoms with Crippen molar-refractivity contribution in [2.45, 2.75) is 25.2 Å². The minimum atomic E-state index is -4.51. The average molecular weight is 471 g/mol. The summed E-state index contributed by atoms with van der Waals surface area (Å²) in [5.74, 6) is -0.0268. The lowest BCUT2D eigenvalue weighted by molar-refractivity contribution is -0.154. The van der Waals surface area contributed by atoms with Crippen LogP contribution in [0.3, 0.4) is 0 Å². The third-order valence-corrected chi connectivity index (χ3v) is 5.91. The van der Waals surface area contributed by atoms with Crippen LogP contribution in [-0.4, -0.2) is 48.2 Å². The minimum absolute atomic E-state index is 0.104. The number of ether oxygens (including phenoxy) is 1.